The van der Waals surface area contributed by atoms with Crippen molar-refractivity contribution in [1.82, 2.24) is 10.1 Å². The zero-order valence-corrected chi connectivity index (χ0v) is 10.9. The highest BCUT2D eigenvalue weighted by atomic mass is 35.5. The van der Waals surface area contributed by atoms with Crippen molar-refractivity contribution in [2.24, 2.45) is 0 Å². The minimum atomic E-state index is -0.297. The molecule has 2 heterocycles. The zero-order chi connectivity index (χ0) is 12.7. The summed E-state index contributed by atoms with van der Waals surface area (Å²) in [5.41, 5.74) is 0. The normalized spacial score (nSPS) is 13.1. The highest BCUT2D eigenvalue weighted by Crippen LogP contribution is 2.33. The van der Waals surface area contributed by atoms with Crippen molar-refractivity contribution in [2.45, 2.75) is 12.3 Å². The first-order valence-electron chi connectivity index (χ1n) is 5.30. The fourth-order valence-corrected chi connectivity index (χ4v) is 2.70. The Kier molecular flexibility index (Phi) is 2.80. The predicted octanol–water partition coefficient (Wildman–Crippen LogP) is 4.39. The highest BCUT2D eigenvalue weighted by Gasteiger charge is 2.15. The molecule has 6 heteroatoms. The number of hydrogen-bond donors (Lipinski definition) is 0. The molecule has 0 saturated heterocycles. The highest BCUT2D eigenvalue weighted by molar-refractivity contribution is 7.22. The summed E-state index contributed by atoms with van der Waals surface area (Å²) in [6.45, 7) is 1.77. The first kappa shape index (κ1) is 11.6. The standard InChI is InChI=1S/C12H8ClFN2OS/c1-6(13)11-15-12(17-16-11)10-4-7-2-3-8(14)5-9(7)18-10/h2-6H,1H3. The first-order valence-corrected chi connectivity index (χ1v) is 6.56. The van der Waals surface area contributed by atoms with Crippen LogP contribution >= 0.6 is 22.9 Å². The largest absolute Gasteiger partial charge is 0.333 e. The molecule has 0 N–H and O–H groups in total. The molecule has 0 amide bonds. The van der Waals surface area contributed by atoms with E-state index in [0.29, 0.717) is 11.7 Å². The molecule has 0 aliphatic heterocycles. The van der Waals surface area contributed by atoms with Gasteiger partial charge in [0.1, 0.15) is 5.82 Å². The monoisotopic (exact) mass is 282 g/mol. The third-order valence-corrected chi connectivity index (χ3v) is 3.77. The van der Waals surface area contributed by atoms with Crippen LogP contribution in [0.5, 0.6) is 0 Å². The van der Waals surface area contributed by atoms with E-state index in [-0.39, 0.29) is 11.2 Å². The van der Waals surface area contributed by atoms with E-state index in [1.165, 1.54) is 23.5 Å². The minimum absolute atomic E-state index is 0.253. The van der Waals surface area contributed by atoms with Crippen molar-refractivity contribution in [3.8, 4) is 10.8 Å². The molecular formula is C12H8ClFN2OS. The second-order valence-electron chi connectivity index (χ2n) is 3.87. The van der Waals surface area contributed by atoms with Gasteiger partial charge in [-0.15, -0.1) is 22.9 Å². The maximum Gasteiger partial charge on any atom is 0.268 e. The molecule has 3 nitrogen and oxygen atoms in total. The number of fused-ring (bicyclic) bond motifs is 1. The molecule has 1 aromatic carbocycles. The SMILES string of the molecule is CC(Cl)c1noc(-c2cc3ccc(F)cc3s2)n1. The predicted molar refractivity (Wildman–Crippen MR) is 69.3 cm³/mol. The number of halogens is 2. The summed E-state index contributed by atoms with van der Waals surface area (Å²) in [6, 6.07) is 6.55. The molecule has 0 radical (unpaired) electrons. The molecule has 0 spiro atoms. The third-order valence-electron chi connectivity index (χ3n) is 2.49. The van der Waals surface area contributed by atoms with Crippen LogP contribution in [0.3, 0.4) is 0 Å². The van der Waals surface area contributed by atoms with Crippen molar-refractivity contribution >= 4 is 33.0 Å². The minimum Gasteiger partial charge on any atom is -0.333 e. The molecule has 3 rings (SSSR count). The summed E-state index contributed by atoms with van der Waals surface area (Å²) in [5.74, 6) is 0.617. The Hall–Kier alpha value is -1.46. The Labute approximate surface area is 111 Å². The van der Waals surface area contributed by atoms with Gasteiger partial charge in [0.15, 0.2) is 5.82 Å². The summed E-state index contributed by atoms with van der Waals surface area (Å²) in [4.78, 5) is 5.02. The number of aromatic nitrogens is 2. The Morgan fingerprint density at radius 3 is 2.94 bits per heavy atom. The van der Waals surface area contributed by atoms with Crippen molar-refractivity contribution in [2.75, 3.05) is 0 Å². The number of alkyl halides is 1. The first-order chi connectivity index (χ1) is 8.63. The molecule has 0 fully saturated rings. The lowest BCUT2D eigenvalue weighted by atomic mass is 10.2. The zero-order valence-electron chi connectivity index (χ0n) is 9.35. The fourth-order valence-electron chi connectivity index (χ4n) is 1.61. The quantitative estimate of drug-likeness (QED) is 0.654. The van der Waals surface area contributed by atoms with E-state index in [2.05, 4.69) is 10.1 Å². The summed E-state index contributed by atoms with van der Waals surface area (Å²) in [7, 11) is 0. The van der Waals surface area contributed by atoms with Crippen LogP contribution in [0.15, 0.2) is 28.8 Å². The second-order valence-corrected chi connectivity index (χ2v) is 5.60. The van der Waals surface area contributed by atoms with Crippen LogP contribution in [-0.2, 0) is 0 Å². The molecule has 1 atom stereocenters. The molecule has 18 heavy (non-hydrogen) atoms. The number of benzene rings is 1. The number of thiophene rings is 1. The van der Waals surface area contributed by atoms with Gasteiger partial charge in [0, 0.05) is 4.70 Å². The molecule has 0 aliphatic rings. The van der Waals surface area contributed by atoms with Crippen LogP contribution in [0.25, 0.3) is 20.9 Å². The topological polar surface area (TPSA) is 38.9 Å². The van der Waals surface area contributed by atoms with E-state index in [1.54, 1.807) is 13.0 Å². The lowest BCUT2D eigenvalue weighted by Crippen LogP contribution is -1.85. The molecule has 1 unspecified atom stereocenters. The number of rotatable bonds is 2. The summed E-state index contributed by atoms with van der Waals surface area (Å²) in [5, 5.41) is 4.45. The summed E-state index contributed by atoms with van der Waals surface area (Å²) < 4.78 is 19.1. The van der Waals surface area contributed by atoms with Crippen LogP contribution in [0, 0.1) is 5.82 Å². The number of hydrogen-bond acceptors (Lipinski definition) is 4. The fraction of sp³-hybridized carbons (Fsp3) is 0.167. The van der Waals surface area contributed by atoms with E-state index in [1.807, 2.05) is 6.07 Å². The van der Waals surface area contributed by atoms with Crippen LogP contribution in [0.2, 0.25) is 0 Å². The van der Waals surface area contributed by atoms with E-state index >= 15 is 0 Å². The smallest absolute Gasteiger partial charge is 0.268 e. The lowest BCUT2D eigenvalue weighted by molar-refractivity contribution is 0.423. The van der Waals surface area contributed by atoms with Gasteiger partial charge < -0.3 is 4.52 Å². The van der Waals surface area contributed by atoms with Gasteiger partial charge in [-0.2, -0.15) is 4.98 Å². The van der Waals surface area contributed by atoms with Crippen molar-refractivity contribution < 1.29 is 8.91 Å². The number of nitrogens with zero attached hydrogens (tertiary/aromatic N) is 2. The molecule has 0 aliphatic carbocycles. The van der Waals surface area contributed by atoms with Crippen molar-refractivity contribution in [3.05, 3.63) is 35.9 Å². The Bertz CT molecular complexity index is 707. The van der Waals surface area contributed by atoms with Gasteiger partial charge in [-0.05, 0) is 30.5 Å². The van der Waals surface area contributed by atoms with Gasteiger partial charge in [0.2, 0.25) is 0 Å². The van der Waals surface area contributed by atoms with Crippen LogP contribution in [-0.4, -0.2) is 10.1 Å². The Morgan fingerprint density at radius 1 is 1.39 bits per heavy atom. The van der Waals surface area contributed by atoms with Crippen LogP contribution in [0.4, 0.5) is 4.39 Å². The van der Waals surface area contributed by atoms with Gasteiger partial charge >= 0.3 is 0 Å². The Balaban J connectivity index is 2.07. The average Bonchev–Trinajstić information content (AvgIpc) is 2.93. The molecule has 0 saturated carbocycles. The van der Waals surface area contributed by atoms with Gasteiger partial charge in [-0.3, -0.25) is 0 Å². The second kappa shape index (κ2) is 4.33. The molecule has 0 bridgehead atoms. The van der Waals surface area contributed by atoms with E-state index in [4.69, 9.17) is 16.1 Å². The summed E-state index contributed by atoms with van der Waals surface area (Å²) >= 11 is 7.28. The van der Waals surface area contributed by atoms with Gasteiger partial charge in [-0.25, -0.2) is 4.39 Å². The lowest BCUT2D eigenvalue weighted by Gasteiger charge is -1.89. The van der Waals surface area contributed by atoms with Gasteiger partial charge in [-0.1, -0.05) is 11.2 Å². The third kappa shape index (κ3) is 2.00. The van der Waals surface area contributed by atoms with Crippen molar-refractivity contribution in [3.63, 3.8) is 0 Å². The summed E-state index contributed by atoms with van der Waals surface area (Å²) in [6.07, 6.45) is 0. The van der Waals surface area contributed by atoms with Gasteiger partial charge in [0.25, 0.3) is 5.89 Å². The van der Waals surface area contributed by atoms with Crippen molar-refractivity contribution in [1.29, 1.82) is 0 Å². The molecule has 3 aromatic rings. The maximum absolute atomic E-state index is 13.1. The van der Waals surface area contributed by atoms with Crippen LogP contribution < -0.4 is 0 Å². The molecular weight excluding hydrogens is 275 g/mol. The van der Waals surface area contributed by atoms with E-state index in [0.717, 1.165) is 15.0 Å². The Morgan fingerprint density at radius 2 is 2.22 bits per heavy atom. The van der Waals surface area contributed by atoms with E-state index in [9.17, 15) is 4.39 Å². The molecule has 2 aromatic heterocycles. The average molecular weight is 283 g/mol. The molecule has 92 valence electrons. The van der Waals surface area contributed by atoms with Crippen LogP contribution in [0.1, 0.15) is 18.1 Å². The van der Waals surface area contributed by atoms with Gasteiger partial charge in [0.05, 0.1) is 10.3 Å². The maximum atomic E-state index is 13.1. The van der Waals surface area contributed by atoms with E-state index < -0.39 is 0 Å².